The Balaban J connectivity index is 1.81. The molecule has 0 radical (unpaired) electrons. The van der Waals surface area contributed by atoms with Crippen LogP contribution in [-0.4, -0.2) is 30.0 Å². The van der Waals surface area contributed by atoms with Gasteiger partial charge in [-0.25, -0.2) is 4.98 Å². The largest absolute Gasteiger partial charge is 0.465 e. The Morgan fingerprint density at radius 2 is 1.86 bits per heavy atom. The lowest BCUT2D eigenvalue weighted by Crippen LogP contribution is -2.27. The van der Waals surface area contributed by atoms with Gasteiger partial charge in [-0.1, -0.05) is 67.9 Å². The first-order chi connectivity index (χ1) is 17.3. The quantitative estimate of drug-likeness (QED) is 0.0827. The maximum absolute atomic E-state index is 13.3. The van der Waals surface area contributed by atoms with Crippen molar-refractivity contribution in [2.24, 2.45) is 5.92 Å². The standard InChI is InChI=1S/C29H32ClNO5/c1-5-17-34-18-20-11-13-21(14-12-20)26(32)23(29(33)35-6-2)15-16-25-27(19(3)4)36-28(31-25)22-9-7-8-10-24(22)30/h5,7-14,19,23H,1,6,15-18H2,2-4H3. The van der Waals surface area contributed by atoms with Gasteiger partial charge in [0.1, 0.15) is 11.7 Å². The van der Waals surface area contributed by atoms with Crippen molar-refractivity contribution >= 4 is 23.4 Å². The molecular formula is C29H32ClNO5. The number of rotatable bonds is 13. The van der Waals surface area contributed by atoms with Crippen LogP contribution in [0.2, 0.25) is 5.02 Å². The van der Waals surface area contributed by atoms with E-state index < -0.39 is 11.9 Å². The van der Waals surface area contributed by atoms with Crippen molar-refractivity contribution in [2.45, 2.75) is 46.1 Å². The summed E-state index contributed by atoms with van der Waals surface area (Å²) < 4.78 is 16.8. The second-order valence-corrected chi connectivity index (χ2v) is 9.08. The van der Waals surface area contributed by atoms with Crippen LogP contribution in [0, 0.1) is 5.92 Å². The maximum Gasteiger partial charge on any atom is 0.316 e. The number of ketones is 1. The third-order valence-electron chi connectivity index (χ3n) is 5.66. The average Bonchev–Trinajstić information content (AvgIpc) is 3.29. The lowest BCUT2D eigenvalue weighted by atomic mass is 9.91. The Kier molecular flexibility index (Phi) is 10.0. The molecule has 0 bridgehead atoms. The number of carbonyl (C=O) groups excluding carboxylic acids is 2. The number of hydrogen-bond donors (Lipinski definition) is 0. The Hall–Kier alpha value is -3.22. The second kappa shape index (κ2) is 13.2. The number of hydrogen-bond acceptors (Lipinski definition) is 6. The van der Waals surface area contributed by atoms with Crippen molar-refractivity contribution in [3.8, 4) is 11.5 Å². The van der Waals surface area contributed by atoms with E-state index in [-0.39, 0.29) is 24.7 Å². The molecule has 0 spiro atoms. The molecule has 0 saturated heterocycles. The van der Waals surface area contributed by atoms with Crippen LogP contribution < -0.4 is 0 Å². The van der Waals surface area contributed by atoms with Crippen LogP contribution >= 0.6 is 11.6 Å². The number of aromatic nitrogens is 1. The molecule has 7 heteroatoms. The molecule has 6 nitrogen and oxygen atoms in total. The van der Waals surface area contributed by atoms with Crippen molar-refractivity contribution in [1.82, 2.24) is 4.98 Å². The van der Waals surface area contributed by atoms with Gasteiger partial charge >= 0.3 is 5.97 Å². The highest BCUT2D eigenvalue weighted by Gasteiger charge is 2.30. The predicted molar refractivity (Wildman–Crippen MR) is 140 cm³/mol. The minimum atomic E-state index is -0.951. The van der Waals surface area contributed by atoms with E-state index in [4.69, 9.17) is 25.5 Å². The molecule has 0 fully saturated rings. The normalized spacial score (nSPS) is 11.9. The van der Waals surface area contributed by atoms with Gasteiger partial charge in [0.15, 0.2) is 5.78 Å². The SMILES string of the molecule is C=CCOCc1ccc(C(=O)C(CCc2nc(-c3ccccc3Cl)oc2C(C)C)C(=O)OCC)cc1. The highest BCUT2D eigenvalue weighted by atomic mass is 35.5. The van der Waals surface area contributed by atoms with Crippen LogP contribution in [0.4, 0.5) is 0 Å². The molecule has 36 heavy (non-hydrogen) atoms. The van der Waals surface area contributed by atoms with Gasteiger partial charge in [-0.3, -0.25) is 9.59 Å². The minimum absolute atomic E-state index is 0.0661. The summed E-state index contributed by atoms with van der Waals surface area (Å²) in [6.07, 6.45) is 2.30. The molecule has 1 heterocycles. The van der Waals surface area contributed by atoms with E-state index in [9.17, 15) is 9.59 Å². The van der Waals surface area contributed by atoms with Crippen molar-refractivity contribution in [3.63, 3.8) is 0 Å². The molecule has 0 aliphatic carbocycles. The first kappa shape index (κ1) is 27.4. The molecule has 1 unspecified atom stereocenters. The zero-order valence-corrected chi connectivity index (χ0v) is 21.7. The fourth-order valence-electron chi connectivity index (χ4n) is 3.85. The van der Waals surface area contributed by atoms with Gasteiger partial charge in [0.2, 0.25) is 5.89 Å². The Morgan fingerprint density at radius 3 is 2.50 bits per heavy atom. The van der Waals surface area contributed by atoms with Gasteiger partial charge in [-0.15, -0.1) is 6.58 Å². The van der Waals surface area contributed by atoms with Gasteiger partial charge in [0, 0.05) is 11.5 Å². The molecule has 2 aromatic carbocycles. The Bertz CT molecular complexity index is 1180. The summed E-state index contributed by atoms with van der Waals surface area (Å²) in [6, 6.07) is 14.4. The van der Waals surface area contributed by atoms with Crippen LogP contribution in [0.1, 0.15) is 60.5 Å². The van der Waals surface area contributed by atoms with Crippen LogP contribution in [0.25, 0.3) is 11.5 Å². The highest BCUT2D eigenvalue weighted by Crippen LogP contribution is 2.32. The number of benzene rings is 2. The lowest BCUT2D eigenvalue weighted by Gasteiger charge is -2.15. The molecule has 1 atom stereocenters. The first-order valence-corrected chi connectivity index (χ1v) is 12.5. The number of ether oxygens (including phenoxy) is 2. The Labute approximate surface area is 217 Å². The molecule has 0 aliphatic heterocycles. The molecule has 0 N–H and O–H groups in total. The highest BCUT2D eigenvalue weighted by molar-refractivity contribution is 6.33. The van der Waals surface area contributed by atoms with E-state index in [0.29, 0.717) is 53.1 Å². The summed E-state index contributed by atoms with van der Waals surface area (Å²) in [4.78, 5) is 30.8. The smallest absolute Gasteiger partial charge is 0.316 e. The van der Waals surface area contributed by atoms with Crippen LogP contribution in [-0.2, 0) is 27.3 Å². The summed E-state index contributed by atoms with van der Waals surface area (Å²) in [5.74, 6) is -0.573. The number of Topliss-reactive ketones (excluding diaryl/α,β-unsaturated/α-hetero) is 1. The van der Waals surface area contributed by atoms with Crippen molar-refractivity contribution < 1.29 is 23.5 Å². The number of carbonyl (C=O) groups is 2. The first-order valence-electron chi connectivity index (χ1n) is 12.1. The molecular weight excluding hydrogens is 478 g/mol. The Morgan fingerprint density at radius 1 is 1.14 bits per heavy atom. The van der Waals surface area contributed by atoms with Gasteiger partial charge < -0.3 is 13.9 Å². The van der Waals surface area contributed by atoms with Crippen molar-refractivity contribution in [3.05, 3.63) is 88.8 Å². The van der Waals surface area contributed by atoms with Gasteiger partial charge in [0.25, 0.3) is 0 Å². The molecule has 0 aliphatic rings. The molecule has 0 saturated carbocycles. The van der Waals surface area contributed by atoms with Gasteiger partial charge in [0.05, 0.1) is 36.1 Å². The summed E-state index contributed by atoms with van der Waals surface area (Å²) in [5, 5.41) is 0.540. The zero-order chi connectivity index (χ0) is 26.1. The summed E-state index contributed by atoms with van der Waals surface area (Å²) in [6.45, 7) is 10.4. The number of nitrogens with zero attached hydrogens (tertiary/aromatic N) is 1. The molecule has 3 aromatic rings. The fourth-order valence-corrected chi connectivity index (χ4v) is 4.07. The minimum Gasteiger partial charge on any atom is -0.465 e. The molecule has 0 amide bonds. The monoisotopic (exact) mass is 509 g/mol. The number of aryl methyl sites for hydroxylation is 1. The number of oxazole rings is 1. The molecule has 190 valence electrons. The van der Waals surface area contributed by atoms with E-state index in [1.807, 2.05) is 44.2 Å². The summed E-state index contributed by atoms with van der Waals surface area (Å²) in [7, 11) is 0. The molecule has 3 rings (SSSR count). The number of halogens is 1. The molecule has 1 aromatic heterocycles. The summed E-state index contributed by atoms with van der Waals surface area (Å²) in [5.41, 5.74) is 2.78. The van der Waals surface area contributed by atoms with Crippen LogP contribution in [0.5, 0.6) is 0 Å². The van der Waals surface area contributed by atoms with E-state index in [1.54, 1.807) is 31.2 Å². The van der Waals surface area contributed by atoms with Crippen molar-refractivity contribution in [1.29, 1.82) is 0 Å². The van der Waals surface area contributed by atoms with E-state index in [1.165, 1.54) is 0 Å². The van der Waals surface area contributed by atoms with Gasteiger partial charge in [-0.05, 0) is 37.5 Å². The van der Waals surface area contributed by atoms with E-state index in [0.717, 1.165) is 5.56 Å². The van der Waals surface area contributed by atoms with E-state index in [2.05, 4.69) is 11.6 Å². The zero-order valence-electron chi connectivity index (χ0n) is 21.0. The topological polar surface area (TPSA) is 78.6 Å². The third kappa shape index (κ3) is 6.93. The third-order valence-corrected chi connectivity index (χ3v) is 5.99. The number of esters is 1. The van der Waals surface area contributed by atoms with E-state index >= 15 is 0 Å². The van der Waals surface area contributed by atoms with Gasteiger partial charge in [-0.2, -0.15) is 0 Å². The fraction of sp³-hybridized carbons (Fsp3) is 0.345. The average molecular weight is 510 g/mol. The van der Waals surface area contributed by atoms with Crippen LogP contribution in [0.15, 0.2) is 65.6 Å². The second-order valence-electron chi connectivity index (χ2n) is 8.67. The maximum atomic E-state index is 13.3. The van der Waals surface area contributed by atoms with Crippen LogP contribution in [0.3, 0.4) is 0 Å². The van der Waals surface area contributed by atoms with Crippen molar-refractivity contribution in [2.75, 3.05) is 13.2 Å². The lowest BCUT2D eigenvalue weighted by molar-refractivity contribution is -0.146. The predicted octanol–water partition coefficient (Wildman–Crippen LogP) is 6.82. The summed E-state index contributed by atoms with van der Waals surface area (Å²) >= 11 is 6.34.